The minimum absolute atomic E-state index is 0.370. The van der Waals surface area contributed by atoms with Gasteiger partial charge < -0.3 is 10.6 Å². The highest BCUT2D eigenvalue weighted by molar-refractivity contribution is 14.1. The largest absolute Gasteiger partial charge is 0.325 e. The fourth-order valence-electron chi connectivity index (χ4n) is 2.56. The van der Waals surface area contributed by atoms with Crippen molar-refractivity contribution in [3.63, 3.8) is 0 Å². The van der Waals surface area contributed by atoms with Gasteiger partial charge in [-0.2, -0.15) is 0 Å². The molecular weight excluding hydrogens is 566 g/mol. The summed E-state index contributed by atoms with van der Waals surface area (Å²) in [6.07, 6.45) is 0. The minimum Gasteiger partial charge on any atom is -0.325 e. The van der Waals surface area contributed by atoms with E-state index in [1.807, 2.05) is 66.7 Å². The van der Waals surface area contributed by atoms with Crippen molar-refractivity contribution in [2.24, 2.45) is 0 Å². The maximum absolute atomic E-state index is 12.9. The van der Waals surface area contributed by atoms with Crippen molar-refractivity contribution in [2.45, 2.75) is 5.92 Å². The number of carbonyl (C=O) groups excluding carboxylic acids is 2. The molecule has 0 aliphatic heterocycles. The Bertz CT molecular complexity index is 867. The second-order valence-corrected chi connectivity index (χ2v) is 8.33. The van der Waals surface area contributed by atoms with Gasteiger partial charge in [-0.15, -0.1) is 0 Å². The Morgan fingerprint density at radius 2 is 1.04 bits per heavy atom. The van der Waals surface area contributed by atoms with Crippen LogP contribution in [0.2, 0.25) is 0 Å². The van der Waals surface area contributed by atoms with E-state index in [4.69, 9.17) is 0 Å². The second kappa shape index (κ2) is 9.32. The SMILES string of the molecule is O=C(Nc1ccc(I)cc1)C(C(=O)Nc1ccc(I)cc1)c1ccccc1. The van der Waals surface area contributed by atoms with E-state index < -0.39 is 5.92 Å². The fraction of sp³-hybridized carbons (Fsp3) is 0.0476. The molecule has 136 valence electrons. The molecule has 0 aromatic heterocycles. The standard InChI is InChI=1S/C21H16I2N2O2/c22-15-6-10-17(11-7-15)24-20(26)19(14-4-2-1-3-5-14)21(27)25-18-12-8-16(23)9-13-18/h1-13,19H,(H,24,26)(H,25,27). The normalized spacial score (nSPS) is 10.5. The molecule has 2 amide bonds. The molecule has 0 spiro atoms. The quantitative estimate of drug-likeness (QED) is 0.319. The van der Waals surface area contributed by atoms with Gasteiger partial charge in [0.25, 0.3) is 0 Å². The molecule has 0 bridgehead atoms. The summed E-state index contributed by atoms with van der Waals surface area (Å²) < 4.78 is 2.14. The highest BCUT2D eigenvalue weighted by Gasteiger charge is 2.28. The smallest absolute Gasteiger partial charge is 0.241 e. The van der Waals surface area contributed by atoms with Gasteiger partial charge in [0.1, 0.15) is 5.92 Å². The highest BCUT2D eigenvalue weighted by Crippen LogP contribution is 2.22. The van der Waals surface area contributed by atoms with Crippen LogP contribution in [0, 0.1) is 7.14 Å². The minimum atomic E-state index is -0.954. The highest BCUT2D eigenvalue weighted by atomic mass is 127. The van der Waals surface area contributed by atoms with Crippen LogP contribution in [0.25, 0.3) is 0 Å². The Morgan fingerprint density at radius 1 is 0.630 bits per heavy atom. The van der Waals surface area contributed by atoms with Gasteiger partial charge in [-0.05, 0) is 99.3 Å². The third kappa shape index (κ3) is 5.52. The Balaban J connectivity index is 1.84. The summed E-state index contributed by atoms with van der Waals surface area (Å²) in [5.41, 5.74) is 1.95. The number of nitrogens with one attached hydrogen (secondary N) is 2. The molecule has 0 atom stereocenters. The number of hydrogen-bond donors (Lipinski definition) is 2. The Hall–Kier alpha value is -1.94. The molecule has 0 aliphatic carbocycles. The third-order valence-electron chi connectivity index (χ3n) is 3.88. The Morgan fingerprint density at radius 3 is 1.44 bits per heavy atom. The molecule has 3 rings (SSSR count). The van der Waals surface area contributed by atoms with Crippen molar-refractivity contribution in [1.29, 1.82) is 0 Å². The zero-order valence-electron chi connectivity index (χ0n) is 14.2. The number of amides is 2. The first-order valence-corrected chi connectivity index (χ1v) is 10.4. The van der Waals surface area contributed by atoms with E-state index in [1.165, 1.54) is 0 Å². The molecule has 0 fully saturated rings. The first-order valence-electron chi connectivity index (χ1n) is 8.21. The number of rotatable bonds is 5. The van der Waals surface area contributed by atoms with E-state index in [9.17, 15) is 9.59 Å². The van der Waals surface area contributed by atoms with E-state index in [2.05, 4.69) is 55.8 Å². The second-order valence-electron chi connectivity index (χ2n) is 5.84. The van der Waals surface area contributed by atoms with Crippen LogP contribution in [0.3, 0.4) is 0 Å². The van der Waals surface area contributed by atoms with Gasteiger partial charge in [0.2, 0.25) is 11.8 Å². The van der Waals surface area contributed by atoms with Gasteiger partial charge in [-0.3, -0.25) is 9.59 Å². The molecule has 0 unspecified atom stereocenters. The van der Waals surface area contributed by atoms with Crippen LogP contribution >= 0.6 is 45.2 Å². The number of anilines is 2. The van der Waals surface area contributed by atoms with Crippen molar-refractivity contribution in [2.75, 3.05) is 10.6 Å². The molecule has 3 aromatic carbocycles. The molecule has 0 saturated heterocycles. The number of benzene rings is 3. The predicted molar refractivity (Wildman–Crippen MR) is 125 cm³/mol. The van der Waals surface area contributed by atoms with E-state index >= 15 is 0 Å². The Labute approximate surface area is 185 Å². The van der Waals surface area contributed by atoms with E-state index in [0.29, 0.717) is 16.9 Å². The third-order valence-corrected chi connectivity index (χ3v) is 5.32. The van der Waals surface area contributed by atoms with Crippen LogP contribution in [0.1, 0.15) is 11.5 Å². The number of halogens is 2. The van der Waals surface area contributed by atoms with Gasteiger partial charge in [-0.25, -0.2) is 0 Å². The molecule has 0 radical (unpaired) electrons. The number of hydrogen-bond acceptors (Lipinski definition) is 2. The molecular formula is C21H16I2N2O2. The molecule has 27 heavy (non-hydrogen) atoms. The van der Waals surface area contributed by atoms with Crippen LogP contribution in [-0.4, -0.2) is 11.8 Å². The molecule has 6 heteroatoms. The summed E-state index contributed by atoms with van der Waals surface area (Å²) in [5.74, 6) is -1.69. The lowest BCUT2D eigenvalue weighted by Gasteiger charge is -2.17. The maximum atomic E-state index is 12.9. The lowest BCUT2D eigenvalue weighted by molar-refractivity contribution is -0.125. The lowest BCUT2D eigenvalue weighted by Crippen LogP contribution is -2.32. The van der Waals surface area contributed by atoms with Gasteiger partial charge in [0.05, 0.1) is 0 Å². The van der Waals surface area contributed by atoms with E-state index in [-0.39, 0.29) is 11.8 Å². The average molecular weight is 582 g/mol. The molecule has 0 aliphatic rings. The topological polar surface area (TPSA) is 58.2 Å². The summed E-state index contributed by atoms with van der Waals surface area (Å²) in [6, 6.07) is 23.9. The van der Waals surface area contributed by atoms with Crippen LogP contribution in [0.4, 0.5) is 11.4 Å². The Kier molecular flexibility index (Phi) is 6.84. The number of carbonyl (C=O) groups is 2. The van der Waals surface area contributed by atoms with E-state index in [1.54, 1.807) is 12.1 Å². The fourth-order valence-corrected chi connectivity index (χ4v) is 3.28. The van der Waals surface area contributed by atoms with Gasteiger partial charge in [0, 0.05) is 18.5 Å². The average Bonchev–Trinajstić information content (AvgIpc) is 2.66. The van der Waals surface area contributed by atoms with Gasteiger partial charge in [0.15, 0.2) is 0 Å². The van der Waals surface area contributed by atoms with Crippen LogP contribution in [0.15, 0.2) is 78.9 Å². The molecule has 3 aromatic rings. The molecule has 0 saturated carbocycles. The predicted octanol–water partition coefficient (Wildman–Crippen LogP) is 5.26. The van der Waals surface area contributed by atoms with Crippen LogP contribution in [0.5, 0.6) is 0 Å². The molecule has 2 N–H and O–H groups in total. The first kappa shape index (κ1) is 19.8. The van der Waals surface area contributed by atoms with Crippen molar-refractivity contribution >= 4 is 68.4 Å². The summed E-state index contributed by atoms with van der Waals surface area (Å²) in [5, 5.41) is 5.68. The maximum Gasteiger partial charge on any atom is 0.241 e. The summed E-state index contributed by atoms with van der Waals surface area (Å²) in [4.78, 5) is 25.8. The van der Waals surface area contributed by atoms with Crippen molar-refractivity contribution in [3.8, 4) is 0 Å². The van der Waals surface area contributed by atoms with Crippen LogP contribution < -0.4 is 10.6 Å². The summed E-state index contributed by atoms with van der Waals surface area (Å²) >= 11 is 4.40. The van der Waals surface area contributed by atoms with Gasteiger partial charge >= 0.3 is 0 Å². The van der Waals surface area contributed by atoms with E-state index in [0.717, 1.165) is 7.14 Å². The van der Waals surface area contributed by atoms with Crippen LogP contribution in [-0.2, 0) is 9.59 Å². The zero-order valence-corrected chi connectivity index (χ0v) is 18.5. The van der Waals surface area contributed by atoms with Gasteiger partial charge in [-0.1, -0.05) is 30.3 Å². The molecule has 4 nitrogen and oxygen atoms in total. The van der Waals surface area contributed by atoms with Crippen molar-refractivity contribution in [1.82, 2.24) is 0 Å². The monoisotopic (exact) mass is 582 g/mol. The summed E-state index contributed by atoms with van der Waals surface area (Å²) in [6.45, 7) is 0. The molecule has 0 heterocycles. The van der Waals surface area contributed by atoms with Crippen molar-refractivity contribution in [3.05, 3.63) is 91.6 Å². The van der Waals surface area contributed by atoms with Crippen molar-refractivity contribution < 1.29 is 9.59 Å². The first-order chi connectivity index (χ1) is 13.0. The lowest BCUT2D eigenvalue weighted by atomic mass is 9.97. The summed E-state index contributed by atoms with van der Waals surface area (Å²) in [7, 11) is 0. The zero-order chi connectivity index (χ0) is 19.2.